The van der Waals surface area contributed by atoms with Crippen molar-refractivity contribution in [2.75, 3.05) is 0 Å². The fraction of sp³-hybridized carbons (Fsp3) is 0. The summed E-state index contributed by atoms with van der Waals surface area (Å²) in [5, 5.41) is 24.9. The van der Waals surface area contributed by atoms with Crippen LogP contribution in [0.5, 0.6) is 0 Å². The van der Waals surface area contributed by atoms with Crippen LogP contribution in [0.3, 0.4) is 0 Å². The molecule has 0 atom stereocenters. The highest BCUT2D eigenvalue weighted by Crippen LogP contribution is 2.49. The van der Waals surface area contributed by atoms with E-state index in [4.69, 9.17) is 8.83 Å². The summed E-state index contributed by atoms with van der Waals surface area (Å²) in [4.78, 5) is 0. The molecule has 2 aliphatic heterocycles. The van der Waals surface area contributed by atoms with E-state index in [-0.39, 0.29) is 6.71 Å². The van der Waals surface area contributed by atoms with Gasteiger partial charge in [-0.15, -0.1) is 0 Å². The normalized spacial score (nSPS) is 13.0. The molecule has 0 amide bonds. The first kappa shape index (κ1) is 43.0. The van der Waals surface area contributed by atoms with Crippen molar-refractivity contribution >= 4 is 175 Å². The van der Waals surface area contributed by atoms with E-state index in [1.165, 1.54) is 142 Å². The molecular weight excluding hydrogens is 1010 g/mol. The Bertz CT molecular complexity index is 6230. The highest BCUT2D eigenvalue weighted by molar-refractivity contribution is 7.00. The van der Waals surface area contributed by atoms with Gasteiger partial charge in [0.1, 0.15) is 22.3 Å². The zero-order chi connectivity index (χ0) is 53.5. The standard InChI is InChI=1S/C78H41BN2O2/c1-3-18-50-46(14-1)48-16-5-7-22-56(48)72-58(50)33-35-65-74(72)61-37-45(44-29-32-55-53-21-10-12-27-69(53)83-71(55)40-44)38-62-77(61)81(65)67-25-13-24-66-76(67)79(62)63-41-59-51-19-4-2-15-47(51)49-17-6-8-23-57(49)73(59)75-60-36-42(30-34-64(60)80(66)78(63)75)43-28-31-54-52-20-9-11-26-68(52)82-70(54)39-43/h1-41H. The third-order valence-electron chi connectivity index (χ3n) is 19.4. The van der Waals surface area contributed by atoms with Crippen LogP contribution in [-0.4, -0.2) is 15.8 Å². The molecule has 0 unspecified atom stereocenters. The third kappa shape index (κ3) is 5.30. The van der Waals surface area contributed by atoms with Gasteiger partial charge in [0.25, 0.3) is 6.71 Å². The maximum Gasteiger partial charge on any atom is 0.252 e. The number of hydrogen-bond acceptors (Lipinski definition) is 2. The van der Waals surface area contributed by atoms with Crippen LogP contribution in [-0.2, 0) is 0 Å². The number of rotatable bonds is 2. The molecule has 15 aromatic carbocycles. The van der Waals surface area contributed by atoms with E-state index in [9.17, 15) is 0 Å². The van der Waals surface area contributed by atoms with Gasteiger partial charge in [0.15, 0.2) is 0 Å². The van der Waals surface area contributed by atoms with Crippen LogP contribution in [0.2, 0.25) is 0 Å². The first-order valence-electron chi connectivity index (χ1n) is 28.8. The van der Waals surface area contributed by atoms with E-state index in [0.717, 1.165) is 60.6 Å². The minimum absolute atomic E-state index is 0.122. The lowest BCUT2D eigenvalue weighted by atomic mass is 9.34. The average Bonchev–Trinajstić information content (AvgIpc) is 2.54. The molecule has 4 aromatic heterocycles. The zero-order valence-corrected chi connectivity index (χ0v) is 44.5. The highest BCUT2D eigenvalue weighted by atomic mass is 16.3. The zero-order valence-electron chi connectivity index (χ0n) is 44.5. The van der Waals surface area contributed by atoms with Crippen molar-refractivity contribution < 1.29 is 8.83 Å². The van der Waals surface area contributed by atoms with Gasteiger partial charge in [-0.2, -0.15) is 0 Å². The Hall–Kier alpha value is -10.9. The largest absolute Gasteiger partial charge is 0.456 e. The molecule has 0 bridgehead atoms. The molecule has 0 saturated carbocycles. The van der Waals surface area contributed by atoms with Crippen molar-refractivity contribution in [2.45, 2.75) is 0 Å². The van der Waals surface area contributed by atoms with Crippen molar-refractivity contribution in [3.8, 4) is 33.6 Å². The summed E-state index contributed by atoms with van der Waals surface area (Å²) in [6, 6.07) is 93.3. The van der Waals surface area contributed by atoms with Crippen LogP contribution in [0.15, 0.2) is 258 Å². The summed E-state index contributed by atoms with van der Waals surface area (Å²) in [6.45, 7) is -0.122. The van der Waals surface area contributed by atoms with Crippen LogP contribution in [0.4, 0.5) is 0 Å². The fourth-order valence-corrected chi connectivity index (χ4v) is 16.1. The van der Waals surface area contributed by atoms with Gasteiger partial charge in [0, 0.05) is 70.8 Å². The van der Waals surface area contributed by atoms with E-state index in [0.29, 0.717) is 0 Å². The second-order valence-electron chi connectivity index (χ2n) is 23.3. The second-order valence-corrected chi connectivity index (χ2v) is 23.3. The van der Waals surface area contributed by atoms with Crippen molar-refractivity contribution in [3.63, 3.8) is 0 Å². The quantitative estimate of drug-likeness (QED) is 0.128. The van der Waals surface area contributed by atoms with Crippen LogP contribution in [0.25, 0.3) is 186 Å². The number of fused-ring (bicyclic) bond motifs is 30. The number of benzene rings is 15. The van der Waals surface area contributed by atoms with Gasteiger partial charge in [-0.25, -0.2) is 0 Å². The number of furan rings is 2. The molecule has 21 rings (SSSR count). The predicted octanol–water partition coefficient (Wildman–Crippen LogP) is 19.1. The Labute approximate surface area is 472 Å². The van der Waals surface area contributed by atoms with Crippen molar-refractivity contribution in [1.29, 1.82) is 0 Å². The lowest BCUT2D eigenvalue weighted by Crippen LogP contribution is -2.59. The van der Waals surface area contributed by atoms with Crippen LogP contribution >= 0.6 is 0 Å². The number of hydrogen-bond donors (Lipinski definition) is 0. The molecule has 0 fully saturated rings. The van der Waals surface area contributed by atoms with Crippen molar-refractivity contribution in [2.24, 2.45) is 0 Å². The Morgan fingerprint density at radius 1 is 0.241 bits per heavy atom. The van der Waals surface area contributed by atoms with E-state index in [1.807, 2.05) is 6.07 Å². The van der Waals surface area contributed by atoms with Crippen molar-refractivity contribution in [3.05, 3.63) is 249 Å². The minimum Gasteiger partial charge on any atom is -0.456 e. The molecule has 2 aliphatic rings. The summed E-state index contributed by atoms with van der Waals surface area (Å²) in [7, 11) is 0. The van der Waals surface area contributed by atoms with Gasteiger partial charge in [-0.1, -0.05) is 176 Å². The van der Waals surface area contributed by atoms with Gasteiger partial charge in [0.2, 0.25) is 0 Å². The van der Waals surface area contributed by atoms with Gasteiger partial charge < -0.3 is 18.0 Å². The molecule has 4 nitrogen and oxygen atoms in total. The molecule has 0 saturated heterocycles. The molecule has 0 radical (unpaired) electrons. The predicted molar refractivity (Wildman–Crippen MR) is 350 cm³/mol. The van der Waals surface area contributed by atoms with Gasteiger partial charge in [-0.3, -0.25) is 0 Å². The Morgan fingerprint density at radius 2 is 0.663 bits per heavy atom. The maximum absolute atomic E-state index is 6.67. The second kappa shape index (κ2) is 15.1. The van der Waals surface area contributed by atoms with Crippen molar-refractivity contribution in [1.82, 2.24) is 9.13 Å². The average molecular weight is 1050 g/mol. The van der Waals surface area contributed by atoms with Crippen LogP contribution < -0.4 is 16.4 Å². The lowest BCUT2D eigenvalue weighted by Gasteiger charge is -2.34. The number of aromatic nitrogens is 2. The summed E-state index contributed by atoms with van der Waals surface area (Å²) in [5.41, 5.74) is 19.5. The molecule has 0 aliphatic carbocycles. The van der Waals surface area contributed by atoms with Crippen LogP contribution in [0.1, 0.15) is 0 Å². The monoisotopic (exact) mass is 1050 g/mol. The van der Waals surface area contributed by atoms with E-state index in [2.05, 4.69) is 252 Å². The Morgan fingerprint density at radius 3 is 1.28 bits per heavy atom. The summed E-state index contributed by atoms with van der Waals surface area (Å²) >= 11 is 0. The summed E-state index contributed by atoms with van der Waals surface area (Å²) in [6.07, 6.45) is 0. The molecule has 5 heteroatoms. The third-order valence-corrected chi connectivity index (χ3v) is 19.4. The Balaban J connectivity index is 0.937. The van der Waals surface area contributed by atoms with Gasteiger partial charge in [0.05, 0.1) is 16.6 Å². The lowest BCUT2D eigenvalue weighted by molar-refractivity contribution is 0.668. The number of nitrogens with zero attached hydrogens (tertiary/aromatic N) is 2. The van der Waals surface area contributed by atoms with E-state index in [1.54, 1.807) is 0 Å². The summed E-state index contributed by atoms with van der Waals surface area (Å²) < 4.78 is 18.5. The highest BCUT2D eigenvalue weighted by Gasteiger charge is 2.42. The van der Waals surface area contributed by atoms with Crippen LogP contribution in [0, 0.1) is 0 Å². The first-order chi connectivity index (χ1) is 41.2. The topological polar surface area (TPSA) is 36.1 Å². The molecule has 0 spiro atoms. The SMILES string of the molecule is c1cc2c3c(c1)-n1c4ccc(-c5ccc6c(c5)oc5ccccc56)cc4c4c5c6ccccc6c6ccccc6c5cc(c41)B3c1cc(-c3ccc4c(c3)oc3ccccc34)cc3c4c5c6ccccc6c6ccccc6c5ccc4n-2c13. The molecule has 19 aromatic rings. The minimum atomic E-state index is -0.122. The smallest absolute Gasteiger partial charge is 0.252 e. The van der Waals surface area contributed by atoms with Gasteiger partial charge in [-0.05, 0) is 165 Å². The van der Waals surface area contributed by atoms with Gasteiger partial charge >= 0.3 is 0 Å². The molecule has 0 N–H and O–H groups in total. The molecule has 6 heterocycles. The Kier molecular flexibility index (Phi) is 7.83. The fourth-order valence-electron chi connectivity index (χ4n) is 16.1. The van der Waals surface area contributed by atoms with E-state index < -0.39 is 0 Å². The maximum atomic E-state index is 6.67. The molecule has 83 heavy (non-hydrogen) atoms. The summed E-state index contributed by atoms with van der Waals surface area (Å²) in [5.74, 6) is 0. The van der Waals surface area contributed by atoms with E-state index >= 15 is 0 Å². The number of para-hydroxylation sites is 2. The molecular formula is C78H41BN2O2. The molecule has 378 valence electrons. The first-order valence-corrected chi connectivity index (χ1v) is 28.8.